The lowest BCUT2D eigenvalue weighted by Gasteiger charge is -2.14. The highest BCUT2D eigenvalue weighted by Gasteiger charge is 2.13. The van der Waals surface area contributed by atoms with Gasteiger partial charge < -0.3 is 14.3 Å². The number of rotatable bonds is 9. The molecule has 0 aliphatic carbocycles. The first-order valence-electron chi connectivity index (χ1n) is 9.20. The molecular formula is C22H17Cl3N2O5. The van der Waals surface area contributed by atoms with Crippen LogP contribution in [0.2, 0.25) is 15.1 Å². The van der Waals surface area contributed by atoms with Crippen molar-refractivity contribution in [3.8, 4) is 11.5 Å². The van der Waals surface area contributed by atoms with Crippen molar-refractivity contribution < 1.29 is 19.2 Å². The lowest BCUT2D eigenvalue weighted by molar-refractivity contribution is -0.384. The number of nitro groups is 1. The second-order valence-electron chi connectivity index (χ2n) is 6.49. The maximum Gasteiger partial charge on any atom is 0.269 e. The van der Waals surface area contributed by atoms with Crippen LogP contribution in [0.25, 0.3) is 0 Å². The van der Waals surface area contributed by atoms with Crippen LogP contribution in [-0.4, -0.2) is 18.2 Å². The van der Waals surface area contributed by atoms with Gasteiger partial charge in [0.25, 0.3) is 5.69 Å². The second-order valence-corrected chi connectivity index (χ2v) is 7.74. The van der Waals surface area contributed by atoms with Gasteiger partial charge >= 0.3 is 0 Å². The summed E-state index contributed by atoms with van der Waals surface area (Å²) in [5.74, 6) is 0.762. The Morgan fingerprint density at radius 1 is 1.03 bits per heavy atom. The molecule has 0 aromatic heterocycles. The number of nitro benzene ring substituents is 1. The minimum atomic E-state index is -0.467. The second kappa shape index (κ2) is 11.0. The van der Waals surface area contributed by atoms with Crippen LogP contribution >= 0.6 is 34.8 Å². The molecule has 0 heterocycles. The molecule has 3 rings (SSSR count). The lowest BCUT2D eigenvalue weighted by atomic mass is 10.2. The highest BCUT2D eigenvalue weighted by Crippen LogP contribution is 2.37. The molecule has 0 atom stereocenters. The average Bonchev–Trinajstić information content (AvgIpc) is 2.77. The third-order valence-electron chi connectivity index (χ3n) is 4.27. The molecule has 10 heteroatoms. The van der Waals surface area contributed by atoms with Crippen LogP contribution < -0.4 is 9.47 Å². The normalized spacial score (nSPS) is 10.9. The van der Waals surface area contributed by atoms with Crippen molar-refractivity contribution in [3.05, 3.63) is 96.5 Å². The smallest absolute Gasteiger partial charge is 0.269 e. The molecule has 0 aliphatic heterocycles. The van der Waals surface area contributed by atoms with E-state index >= 15 is 0 Å². The first-order chi connectivity index (χ1) is 15.4. The van der Waals surface area contributed by atoms with Crippen molar-refractivity contribution in [2.24, 2.45) is 5.16 Å². The highest BCUT2D eigenvalue weighted by atomic mass is 35.5. The van der Waals surface area contributed by atoms with E-state index in [0.717, 1.165) is 5.56 Å². The number of benzene rings is 3. The Labute approximate surface area is 199 Å². The first kappa shape index (κ1) is 23.7. The van der Waals surface area contributed by atoms with Crippen LogP contribution in [0.4, 0.5) is 5.69 Å². The number of oxime groups is 1. The summed E-state index contributed by atoms with van der Waals surface area (Å²) in [7, 11) is 1.49. The Balaban J connectivity index is 1.66. The van der Waals surface area contributed by atoms with E-state index in [0.29, 0.717) is 37.7 Å². The number of hydrogen-bond acceptors (Lipinski definition) is 6. The van der Waals surface area contributed by atoms with E-state index in [1.807, 2.05) is 0 Å². The van der Waals surface area contributed by atoms with Gasteiger partial charge in [0.2, 0.25) is 0 Å². The topological polar surface area (TPSA) is 83.2 Å². The Hall–Kier alpha value is -3.00. The maximum atomic E-state index is 10.8. The molecule has 0 unspecified atom stereocenters. The Morgan fingerprint density at radius 2 is 1.84 bits per heavy atom. The lowest BCUT2D eigenvalue weighted by Crippen LogP contribution is -2.00. The summed E-state index contributed by atoms with van der Waals surface area (Å²) in [4.78, 5) is 15.6. The molecule has 0 spiro atoms. The minimum absolute atomic E-state index is 0.0120. The number of non-ortho nitro benzene ring substituents is 1. The molecule has 32 heavy (non-hydrogen) atoms. The van der Waals surface area contributed by atoms with E-state index < -0.39 is 4.92 Å². The van der Waals surface area contributed by atoms with Gasteiger partial charge in [-0.1, -0.05) is 58.2 Å². The first-order valence-corrected chi connectivity index (χ1v) is 10.3. The molecule has 0 saturated heterocycles. The third-order valence-corrected chi connectivity index (χ3v) is 5.14. The van der Waals surface area contributed by atoms with Crippen LogP contribution in [0.1, 0.15) is 16.7 Å². The molecular weight excluding hydrogens is 479 g/mol. The Bertz CT molecular complexity index is 1150. The number of halogens is 3. The zero-order valence-electron chi connectivity index (χ0n) is 16.8. The summed E-state index contributed by atoms with van der Waals surface area (Å²) >= 11 is 18.5. The summed E-state index contributed by atoms with van der Waals surface area (Å²) in [6, 6.07) is 14.6. The van der Waals surface area contributed by atoms with Crippen molar-refractivity contribution in [2.75, 3.05) is 7.11 Å². The fraction of sp³-hybridized carbons (Fsp3) is 0.136. The van der Waals surface area contributed by atoms with Gasteiger partial charge in [-0.2, -0.15) is 0 Å². The molecule has 0 radical (unpaired) electrons. The van der Waals surface area contributed by atoms with Crippen molar-refractivity contribution >= 4 is 46.7 Å². The number of methoxy groups -OCH3 is 1. The Kier molecular flexibility index (Phi) is 8.16. The van der Waals surface area contributed by atoms with Gasteiger partial charge in [0.15, 0.2) is 11.5 Å². The molecule has 0 N–H and O–H groups in total. The standard InChI is InChI=1S/C22H17Cl3N2O5/c1-30-21-9-15(11-26-32-12-14-3-2-4-18(7-14)27(28)29)8-20(25)22(21)31-13-16-5-6-17(23)10-19(16)24/h2-11H,12-13H2,1H3/b26-11-. The summed E-state index contributed by atoms with van der Waals surface area (Å²) in [5.41, 5.74) is 1.97. The third kappa shape index (κ3) is 6.26. The van der Waals surface area contributed by atoms with Crippen LogP contribution in [0, 0.1) is 10.1 Å². The molecule has 7 nitrogen and oxygen atoms in total. The molecule has 0 fully saturated rings. The van der Waals surface area contributed by atoms with E-state index in [2.05, 4.69) is 5.16 Å². The Morgan fingerprint density at radius 3 is 2.56 bits per heavy atom. The van der Waals surface area contributed by atoms with Crippen LogP contribution in [0.3, 0.4) is 0 Å². The van der Waals surface area contributed by atoms with E-state index in [1.54, 1.807) is 42.5 Å². The van der Waals surface area contributed by atoms with Crippen LogP contribution in [-0.2, 0) is 18.1 Å². The molecule has 166 valence electrons. The molecule has 0 bridgehead atoms. The highest BCUT2D eigenvalue weighted by molar-refractivity contribution is 6.35. The number of nitrogens with zero attached hydrogens (tertiary/aromatic N) is 2. The summed E-state index contributed by atoms with van der Waals surface area (Å²) in [6.45, 7) is 0.248. The fourth-order valence-electron chi connectivity index (χ4n) is 2.71. The zero-order valence-corrected chi connectivity index (χ0v) is 19.0. The van der Waals surface area contributed by atoms with Crippen LogP contribution in [0.15, 0.2) is 59.8 Å². The van der Waals surface area contributed by atoms with E-state index in [1.165, 1.54) is 25.5 Å². The quantitative estimate of drug-likeness (QED) is 0.187. The maximum absolute atomic E-state index is 10.8. The predicted octanol–water partition coefficient (Wildman–Crippen LogP) is 6.69. The molecule has 0 aliphatic rings. The SMILES string of the molecule is COc1cc(/C=N\OCc2cccc([N+](=O)[O-])c2)cc(Cl)c1OCc1ccc(Cl)cc1Cl. The molecule has 0 saturated carbocycles. The van der Waals surface area contributed by atoms with Gasteiger partial charge in [-0.15, -0.1) is 0 Å². The fourth-order valence-corrected chi connectivity index (χ4v) is 3.45. The van der Waals surface area contributed by atoms with Gasteiger partial charge in [-0.05, 0) is 29.8 Å². The van der Waals surface area contributed by atoms with Crippen molar-refractivity contribution in [1.82, 2.24) is 0 Å². The predicted molar refractivity (Wildman–Crippen MR) is 124 cm³/mol. The number of ether oxygens (including phenoxy) is 2. The monoisotopic (exact) mass is 494 g/mol. The zero-order chi connectivity index (χ0) is 23.1. The number of hydrogen-bond donors (Lipinski definition) is 0. The molecule has 3 aromatic carbocycles. The van der Waals surface area contributed by atoms with Gasteiger partial charge in [0.1, 0.15) is 13.2 Å². The van der Waals surface area contributed by atoms with Crippen molar-refractivity contribution in [1.29, 1.82) is 0 Å². The van der Waals surface area contributed by atoms with Gasteiger partial charge in [-0.25, -0.2) is 0 Å². The van der Waals surface area contributed by atoms with Gasteiger partial charge in [-0.3, -0.25) is 10.1 Å². The largest absolute Gasteiger partial charge is 0.493 e. The van der Waals surface area contributed by atoms with E-state index in [9.17, 15) is 10.1 Å². The van der Waals surface area contributed by atoms with Crippen molar-refractivity contribution in [2.45, 2.75) is 13.2 Å². The van der Waals surface area contributed by atoms with Gasteiger partial charge in [0, 0.05) is 33.3 Å². The minimum Gasteiger partial charge on any atom is -0.493 e. The summed E-state index contributed by atoms with van der Waals surface area (Å²) in [6.07, 6.45) is 1.45. The van der Waals surface area contributed by atoms with Crippen LogP contribution in [0.5, 0.6) is 11.5 Å². The summed E-state index contributed by atoms with van der Waals surface area (Å²) in [5, 5.41) is 16.1. The average molecular weight is 496 g/mol. The molecule has 0 amide bonds. The summed E-state index contributed by atoms with van der Waals surface area (Å²) < 4.78 is 11.2. The van der Waals surface area contributed by atoms with Gasteiger partial charge in [0.05, 0.1) is 23.3 Å². The van der Waals surface area contributed by atoms with E-state index in [-0.39, 0.29) is 18.9 Å². The molecule has 3 aromatic rings. The van der Waals surface area contributed by atoms with E-state index in [4.69, 9.17) is 49.1 Å². The van der Waals surface area contributed by atoms with Crippen molar-refractivity contribution in [3.63, 3.8) is 0 Å².